The first-order chi connectivity index (χ1) is 15.0. The second kappa shape index (κ2) is 8.05. The molecule has 0 spiro atoms. The number of fused-ring (bicyclic) bond motifs is 1. The molecule has 0 saturated carbocycles. The van der Waals surface area contributed by atoms with Gasteiger partial charge < -0.3 is 5.11 Å². The van der Waals surface area contributed by atoms with Crippen molar-refractivity contribution in [3.05, 3.63) is 105 Å². The average Bonchev–Trinajstić information content (AvgIpc) is 2.77. The van der Waals surface area contributed by atoms with Crippen molar-refractivity contribution in [3.63, 3.8) is 0 Å². The molecule has 4 aromatic rings. The lowest BCUT2D eigenvalue weighted by Crippen LogP contribution is -2.22. The third-order valence-corrected chi connectivity index (χ3v) is 4.65. The number of carbonyl (C=O) groups is 1. The van der Waals surface area contributed by atoms with Crippen LogP contribution in [0.5, 0.6) is 0 Å². The average molecular weight is 411 g/mol. The first-order valence-corrected chi connectivity index (χ1v) is 9.20. The fraction of sp³-hybridized carbons (Fsp3) is 0. The van der Waals surface area contributed by atoms with Crippen molar-refractivity contribution in [1.29, 1.82) is 5.26 Å². The second-order valence-corrected chi connectivity index (χ2v) is 6.70. The minimum atomic E-state index is -1.31. The highest BCUT2D eigenvalue weighted by Crippen LogP contribution is 2.18. The maximum atomic E-state index is 14.1. The molecule has 6 nitrogen and oxygen atoms in total. The van der Waals surface area contributed by atoms with E-state index in [0.29, 0.717) is 16.5 Å². The van der Waals surface area contributed by atoms with Crippen LogP contribution in [-0.4, -0.2) is 20.6 Å². The molecule has 0 aliphatic carbocycles. The third-order valence-electron chi connectivity index (χ3n) is 4.65. The highest BCUT2D eigenvalue weighted by molar-refractivity contribution is 5.88. The molecular formula is C24H14FN3O3. The van der Waals surface area contributed by atoms with Crippen LogP contribution < -0.4 is 5.56 Å². The van der Waals surface area contributed by atoms with Crippen molar-refractivity contribution in [3.8, 4) is 11.8 Å². The van der Waals surface area contributed by atoms with Gasteiger partial charge in [-0.3, -0.25) is 9.36 Å². The largest absolute Gasteiger partial charge is 0.478 e. The van der Waals surface area contributed by atoms with Gasteiger partial charge in [0.2, 0.25) is 0 Å². The zero-order valence-corrected chi connectivity index (χ0v) is 16.0. The maximum absolute atomic E-state index is 14.1. The van der Waals surface area contributed by atoms with Crippen molar-refractivity contribution in [2.75, 3.05) is 0 Å². The highest BCUT2D eigenvalue weighted by atomic mass is 19.1. The molecule has 1 N–H and O–H groups in total. The molecule has 0 bridgehead atoms. The van der Waals surface area contributed by atoms with Crippen LogP contribution in [0.25, 0.3) is 28.7 Å². The molecule has 4 rings (SSSR count). The zero-order chi connectivity index (χ0) is 22.0. The topological polar surface area (TPSA) is 96.0 Å². The van der Waals surface area contributed by atoms with Crippen LogP contribution in [0.1, 0.15) is 27.3 Å². The van der Waals surface area contributed by atoms with Gasteiger partial charge in [-0.15, -0.1) is 0 Å². The van der Waals surface area contributed by atoms with Crippen LogP contribution in [0.4, 0.5) is 4.39 Å². The number of carboxylic acid groups (broad SMARTS) is 1. The smallest absolute Gasteiger partial charge is 0.335 e. The van der Waals surface area contributed by atoms with Crippen LogP contribution in [-0.2, 0) is 0 Å². The minimum Gasteiger partial charge on any atom is -0.478 e. The summed E-state index contributed by atoms with van der Waals surface area (Å²) < 4.78 is 15.3. The Morgan fingerprint density at radius 3 is 2.52 bits per heavy atom. The van der Waals surface area contributed by atoms with E-state index in [2.05, 4.69) is 4.98 Å². The van der Waals surface area contributed by atoms with Gasteiger partial charge in [-0.1, -0.05) is 30.3 Å². The van der Waals surface area contributed by atoms with Crippen LogP contribution in [0.3, 0.4) is 0 Å². The number of nitrogens with zero attached hydrogens (tertiary/aromatic N) is 3. The van der Waals surface area contributed by atoms with E-state index in [1.165, 1.54) is 10.6 Å². The van der Waals surface area contributed by atoms with Crippen LogP contribution in [0.15, 0.2) is 71.5 Å². The Kier molecular flexibility index (Phi) is 5.12. The van der Waals surface area contributed by atoms with Crippen LogP contribution in [0, 0.1) is 17.1 Å². The number of nitriles is 1. The molecule has 1 aromatic heterocycles. The summed E-state index contributed by atoms with van der Waals surface area (Å²) >= 11 is 0. The Balaban J connectivity index is 1.94. The molecule has 0 radical (unpaired) electrons. The second-order valence-electron chi connectivity index (χ2n) is 6.70. The highest BCUT2D eigenvalue weighted by Gasteiger charge is 2.14. The van der Waals surface area contributed by atoms with Crippen LogP contribution >= 0.6 is 0 Å². The zero-order valence-electron chi connectivity index (χ0n) is 16.0. The first kappa shape index (κ1) is 19.7. The van der Waals surface area contributed by atoms with Crippen molar-refractivity contribution >= 4 is 29.0 Å². The minimum absolute atomic E-state index is 0.0557. The van der Waals surface area contributed by atoms with Crippen molar-refractivity contribution < 1.29 is 14.3 Å². The Bertz CT molecular complexity index is 1450. The van der Waals surface area contributed by atoms with Crippen molar-refractivity contribution in [2.45, 2.75) is 0 Å². The third kappa shape index (κ3) is 3.95. The number of carboxylic acids is 1. The number of hydrogen-bond donors (Lipinski definition) is 1. The SMILES string of the molecule is N#Cc1ccc(/C=C/c2nc3ccccc3c(=O)n2-c2cc(F)cc(C(=O)O)c2)cc1. The molecule has 31 heavy (non-hydrogen) atoms. The van der Waals surface area contributed by atoms with Gasteiger partial charge >= 0.3 is 5.97 Å². The summed E-state index contributed by atoms with van der Waals surface area (Å²) in [5, 5.41) is 18.5. The summed E-state index contributed by atoms with van der Waals surface area (Å²) in [6.07, 6.45) is 3.28. The fourth-order valence-electron chi connectivity index (χ4n) is 3.18. The van der Waals surface area contributed by atoms with E-state index >= 15 is 0 Å². The predicted molar refractivity (Wildman–Crippen MR) is 114 cm³/mol. The summed E-state index contributed by atoms with van der Waals surface area (Å²) in [4.78, 5) is 29.1. The molecule has 0 unspecified atom stereocenters. The molecule has 0 saturated heterocycles. The van der Waals surface area contributed by atoms with E-state index in [1.54, 1.807) is 60.7 Å². The molecule has 7 heteroatoms. The Morgan fingerprint density at radius 1 is 1.06 bits per heavy atom. The predicted octanol–water partition coefficient (Wildman–Crippen LogP) is 4.27. The first-order valence-electron chi connectivity index (χ1n) is 9.20. The molecule has 0 fully saturated rings. The number of benzene rings is 3. The normalized spacial score (nSPS) is 11.0. The number of hydrogen-bond acceptors (Lipinski definition) is 4. The van der Waals surface area contributed by atoms with Gasteiger partial charge in [0.15, 0.2) is 0 Å². The van der Waals surface area contributed by atoms with E-state index in [0.717, 1.165) is 17.7 Å². The molecule has 0 aliphatic heterocycles. The summed E-state index contributed by atoms with van der Waals surface area (Å²) in [6, 6.07) is 18.8. The number of aromatic nitrogens is 2. The standard InChI is InChI=1S/C24H14FN3O3/c25-18-11-17(24(30)31)12-19(13-18)28-22(10-9-15-5-7-16(14-26)8-6-15)27-21-4-2-1-3-20(21)23(28)29/h1-13H,(H,30,31)/b10-9+. The number of halogens is 1. The lowest BCUT2D eigenvalue weighted by atomic mass is 10.1. The van der Waals surface area contributed by atoms with Gasteiger partial charge in [0.1, 0.15) is 11.6 Å². The molecule has 3 aromatic carbocycles. The lowest BCUT2D eigenvalue weighted by Gasteiger charge is -2.12. The van der Waals surface area contributed by atoms with Gasteiger partial charge in [-0.2, -0.15) is 5.26 Å². The van der Waals surface area contributed by atoms with Gasteiger partial charge in [-0.05, 0) is 54.1 Å². The summed E-state index contributed by atoms with van der Waals surface area (Å²) in [6.45, 7) is 0. The Hall–Kier alpha value is -4.57. The van der Waals surface area contributed by atoms with Gasteiger partial charge in [-0.25, -0.2) is 14.2 Å². The molecule has 1 heterocycles. The van der Waals surface area contributed by atoms with Gasteiger partial charge in [0.25, 0.3) is 5.56 Å². The molecule has 0 amide bonds. The van der Waals surface area contributed by atoms with E-state index in [-0.39, 0.29) is 17.1 Å². The number of aromatic carboxylic acids is 1. The summed E-state index contributed by atoms with van der Waals surface area (Å²) in [7, 11) is 0. The van der Waals surface area contributed by atoms with Gasteiger partial charge in [0.05, 0.1) is 33.8 Å². The summed E-state index contributed by atoms with van der Waals surface area (Å²) in [5.41, 5.74) is 1.06. The monoisotopic (exact) mass is 411 g/mol. The van der Waals surface area contributed by atoms with E-state index in [9.17, 15) is 19.1 Å². The Morgan fingerprint density at radius 2 is 1.81 bits per heavy atom. The quantitative estimate of drug-likeness (QED) is 0.541. The molecular weight excluding hydrogens is 397 g/mol. The lowest BCUT2D eigenvalue weighted by molar-refractivity contribution is 0.0696. The van der Waals surface area contributed by atoms with Crippen LogP contribution in [0.2, 0.25) is 0 Å². The molecule has 0 atom stereocenters. The van der Waals surface area contributed by atoms with Crippen molar-refractivity contribution in [2.24, 2.45) is 0 Å². The fourth-order valence-corrected chi connectivity index (χ4v) is 3.18. The molecule has 0 aliphatic rings. The van der Waals surface area contributed by atoms with E-state index in [4.69, 9.17) is 5.26 Å². The summed E-state index contributed by atoms with van der Waals surface area (Å²) in [5.74, 6) is -1.88. The van der Waals surface area contributed by atoms with E-state index < -0.39 is 17.3 Å². The number of rotatable bonds is 4. The number of para-hydroxylation sites is 1. The Labute approximate surface area is 175 Å². The van der Waals surface area contributed by atoms with Gasteiger partial charge in [0, 0.05) is 0 Å². The van der Waals surface area contributed by atoms with Crippen molar-refractivity contribution in [1.82, 2.24) is 9.55 Å². The maximum Gasteiger partial charge on any atom is 0.335 e. The van der Waals surface area contributed by atoms with E-state index in [1.807, 2.05) is 6.07 Å². The molecule has 150 valence electrons.